The fraction of sp³-hybridized carbons (Fsp3) is 0.727. The van der Waals surface area contributed by atoms with E-state index < -0.39 is 6.17 Å². The monoisotopic (exact) mass is 226 g/mol. The minimum absolute atomic E-state index is 0.306. The van der Waals surface area contributed by atoms with Crippen molar-refractivity contribution in [3.05, 3.63) is 18.0 Å². The molecular formula is C11H19FN4. The molecule has 5 heteroatoms. The van der Waals surface area contributed by atoms with Crippen molar-refractivity contribution in [1.82, 2.24) is 20.0 Å². The van der Waals surface area contributed by atoms with Crippen LogP contribution in [-0.2, 0) is 13.6 Å². The van der Waals surface area contributed by atoms with Crippen LogP contribution in [0.3, 0.4) is 0 Å². The average Bonchev–Trinajstić information content (AvgIpc) is 2.76. The van der Waals surface area contributed by atoms with Gasteiger partial charge in [0.25, 0.3) is 0 Å². The lowest BCUT2D eigenvalue weighted by molar-refractivity contribution is 0.232. The molecule has 1 aromatic heterocycles. The van der Waals surface area contributed by atoms with Gasteiger partial charge in [0.05, 0.1) is 6.20 Å². The number of nitrogens with zero attached hydrogens (tertiary/aromatic N) is 3. The number of aromatic nitrogens is 2. The third-order valence-corrected chi connectivity index (χ3v) is 3.06. The van der Waals surface area contributed by atoms with Gasteiger partial charge in [-0.05, 0) is 13.5 Å². The van der Waals surface area contributed by atoms with E-state index in [0.717, 1.165) is 18.7 Å². The van der Waals surface area contributed by atoms with Crippen molar-refractivity contribution >= 4 is 0 Å². The lowest BCUT2D eigenvalue weighted by atomic mass is 10.2. The van der Waals surface area contributed by atoms with Crippen molar-refractivity contribution in [3.63, 3.8) is 0 Å². The van der Waals surface area contributed by atoms with Crippen molar-refractivity contribution < 1.29 is 4.39 Å². The Morgan fingerprint density at radius 1 is 1.62 bits per heavy atom. The number of aryl methyl sites for hydroxylation is 1. The van der Waals surface area contributed by atoms with Crippen LogP contribution in [-0.4, -0.2) is 47.0 Å². The summed E-state index contributed by atoms with van der Waals surface area (Å²) in [6, 6.07) is 0.306. The first-order chi connectivity index (χ1) is 7.69. The highest BCUT2D eigenvalue weighted by atomic mass is 19.1. The van der Waals surface area contributed by atoms with E-state index in [4.69, 9.17) is 0 Å². The van der Waals surface area contributed by atoms with Crippen molar-refractivity contribution in [2.75, 3.05) is 20.1 Å². The quantitative estimate of drug-likeness (QED) is 0.814. The fourth-order valence-electron chi connectivity index (χ4n) is 2.35. The molecule has 0 unspecified atom stereocenters. The van der Waals surface area contributed by atoms with Crippen LogP contribution < -0.4 is 5.32 Å². The van der Waals surface area contributed by atoms with Gasteiger partial charge in [0, 0.05) is 44.5 Å². The SMILES string of the molecule is CNC[C@@H]1C[C@@H](F)CN1Cc1cnn(C)c1. The smallest absolute Gasteiger partial charge is 0.114 e. The lowest BCUT2D eigenvalue weighted by Crippen LogP contribution is -2.36. The van der Waals surface area contributed by atoms with Crippen LogP contribution in [0.1, 0.15) is 12.0 Å². The molecule has 1 aromatic rings. The predicted octanol–water partition coefficient (Wildman–Crippen LogP) is 0.552. The molecule has 90 valence electrons. The van der Waals surface area contributed by atoms with Gasteiger partial charge in [-0.3, -0.25) is 9.58 Å². The Morgan fingerprint density at radius 3 is 3.06 bits per heavy atom. The van der Waals surface area contributed by atoms with Crippen molar-refractivity contribution in [2.45, 2.75) is 25.2 Å². The molecule has 0 aliphatic carbocycles. The summed E-state index contributed by atoms with van der Waals surface area (Å²) in [7, 11) is 3.81. The topological polar surface area (TPSA) is 33.1 Å². The molecule has 1 N–H and O–H groups in total. The zero-order valence-electron chi connectivity index (χ0n) is 9.86. The highest BCUT2D eigenvalue weighted by molar-refractivity contribution is 5.05. The third-order valence-electron chi connectivity index (χ3n) is 3.06. The van der Waals surface area contributed by atoms with Gasteiger partial charge in [0.15, 0.2) is 0 Å². The molecule has 2 atom stereocenters. The van der Waals surface area contributed by atoms with Crippen LogP contribution in [0.5, 0.6) is 0 Å². The first-order valence-electron chi connectivity index (χ1n) is 5.69. The maximum absolute atomic E-state index is 13.4. The molecule has 1 aliphatic heterocycles. The molecule has 2 heterocycles. The molecule has 1 saturated heterocycles. The Kier molecular flexibility index (Phi) is 3.56. The van der Waals surface area contributed by atoms with Crippen molar-refractivity contribution in [1.29, 1.82) is 0 Å². The molecule has 0 spiro atoms. The number of nitrogens with one attached hydrogen (secondary N) is 1. The molecule has 1 aliphatic rings. The van der Waals surface area contributed by atoms with Gasteiger partial charge in [-0.25, -0.2) is 4.39 Å². The van der Waals surface area contributed by atoms with Crippen LogP contribution in [0.2, 0.25) is 0 Å². The zero-order valence-corrected chi connectivity index (χ0v) is 9.86. The van der Waals surface area contributed by atoms with Crippen molar-refractivity contribution in [2.24, 2.45) is 7.05 Å². The van der Waals surface area contributed by atoms with Gasteiger partial charge in [0.2, 0.25) is 0 Å². The normalized spacial score (nSPS) is 26.4. The van der Waals surface area contributed by atoms with Gasteiger partial charge in [-0.2, -0.15) is 5.10 Å². The summed E-state index contributed by atoms with van der Waals surface area (Å²) in [5.74, 6) is 0. The minimum Gasteiger partial charge on any atom is -0.318 e. The highest BCUT2D eigenvalue weighted by Gasteiger charge is 2.31. The van der Waals surface area contributed by atoms with E-state index in [1.54, 1.807) is 4.68 Å². The molecule has 16 heavy (non-hydrogen) atoms. The third kappa shape index (κ3) is 2.59. The van der Waals surface area contributed by atoms with E-state index in [0.29, 0.717) is 19.0 Å². The number of halogens is 1. The predicted molar refractivity (Wildman–Crippen MR) is 60.8 cm³/mol. The minimum atomic E-state index is -0.685. The molecule has 2 rings (SSSR count). The van der Waals surface area contributed by atoms with Crippen LogP contribution in [0, 0.1) is 0 Å². The fourth-order valence-corrected chi connectivity index (χ4v) is 2.35. The Bertz CT molecular complexity index is 338. The molecule has 1 fully saturated rings. The second-order valence-electron chi connectivity index (χ2n) is 4.50. The van der Waals surface area contributed by atoms with E-state index in [9.17, 15) is 4.39 Å². The molecule has 0 bridgehead atoms. The van der Waals surface area contributed by atoms with Gasteiger partial charge >= 0.3 is 0 Å². The molecule has 0 saturated carbocycles. The molecule has 0 radical (unpaired) electrons. The van der Waals surface area contributed by atoms with E-state index in [2.05, 4.69) is 15.3 Å². The van der Waals surface area contributed by atoms with Crippen LogP contribution in [0.25, 0.3) is 0 Å². The summed E-state index contributed by atoms with van der Waals surface area (Å²) >= 11 is 0. The van der Waals surface area contributed by atoms with Gasteiger partial charge in [-0.15, -0.1) is 0 Å². The number of likely N-dealkylation sites (tertiary alicyclic amines) is 1. The number of hydrogen-bond acceptors (Lipinski definition) is 3. The van der Waals surface area contributed by atoms with Crippen molar-refractivity contribution in [3.8, 4) is 0 Å². The summed E-state index contributed by atoms with van der Waals surface area (Å²) < 4.78 is 15.1. The highest BCUT2D eigenvalue weighted by Crippen LogP contribution is 2.21. The standard InChI is InChI=1S/C11H19FN4/c1-13-5-11-3-10(12)8-16(11)7-9-4-14-15(2)6-9/h4,6,10-11,13H,3,5,7-8H2,1-2H3/t10-,11+/m1/s1. The Hall–Kier alpha value is -0.940. The second kappa shape index (κ2) is 4.93. The maximum atomic E-state index is 13.4. The van der Waals surface area contributed by atoms with Gasteiger partial charge < -0.3 is 5.32 Å². The molecule has 0 amide bonds. The van der Waals surface area contributed by atoms with Crippen LogP contribution >= 0.6 is 0 Å². The Morgan fingerprint density at radius 2 is 2.44 bits per heavy atom. The van der Waals surface area contributed by atoms with Gasteiger partial charge in [-0.1, -0.05) is 0 Å². The van der Waals surface area contributed by atoms with E-state index in [1.165, 1.54) is 0 Å². The summed E-state index contributed by atoms with van der Waals surface area (Å²) in [6.45, 7) is 2.18. The number of alkyl halides is 1. The summed E-state index contributed by atoms with van der Waals surface area (Å²) in [4.78, 5) is 2.19. The Labute approximate surface area is 95.4 Å². The van der Waals surface area contributed by atoms with Crippen LogP contribution in [0.4, 0.5) is 4.39 Å². The van der Waals surface area contributed by atoms with E-state index >= 15 is 0 Å². The maximum Gasteiger partial charge on any atom is 0.114 e. The lowest BCUT2D eigenvalue weighted by Gasteiger charge is -2.22. The molecular weight excluding hydrogens is 207 g/mol. The largest absolute Gasteiger partial charge is 0.318 e. The Balaban J connectivity index is 1.97. The zero-order chi connectivity index (χ0) is 11.5. The second-order valence-corrected chi connectivity index (χ2v) is 4.50. The van der Waals surface area contributed by atoms with Gasteiger partial charge in [0.1, 0.15) is 6.17 Å². The first-order valence-corrected chi connectivity index (χ1v) is 5.69. The molecule has 0 aromatic carbocycles. The number of hydrogen-bond donors (Lipinski definition) is 1. The molecule has 4 nitrogen and oxygen atoms in total. The summed E-state index contributed by atoms with van der Waals surface area (Å²) in [5, 5.41) is 7.25. The number of likely N-dealkylation sites (N-methyl/N-ethyl adjacent to an activating group) is 1. The van der Waals surface area contributed by atoms with E-state index in [1.807, 2.05) is 26.5 Å². The number of rotatable bonds is 4. The first kappa shape index (κ1) is 11.5. The summed E-state index contributed by atoms with van der Waals surface area (Å²) in [6.07, 6.45) is 3.79. The van der Waals surface area contributed by atoms with E-state index in [-0.39, 0.29) is 0 Å². The summed E-state index contributed by atoms with van der Waals surface area (Å²) in [5.41, 5.74) is 1.15. The van der Waals surface area contributed by atoms with Crippen LogP contribution in [0.15, 0.2) is 12.4 Å². The average molecular weight is 226 g/mol.